The smallest absolute Gasteiger partial charge is 0.225 e. The van der Waals surface area contributed by atoms with Gasteiger partial charge in [0, 0.05) is 17.6 Å². The van der Waals surface area contributed by atoms with E-state index in [-0.39, 0.29) is 0 Å². The van der Waals surface area contributed by atoms with Crippen molar-refractivity contribution in [1.29, 1.82) is 0 Å². The van der Waals surface area contributed by atoms with Crippen molar-refractivity contribution in [3.05, 3.63) is 28.7 Å². The monoisotopic (exact) mass is 273 g/mol. The average molecular weight is 273 g/mol. The van der Waals surface area contributed by atoms with E-state index in [9.17, 15) is 0 Å². The Hall–Kier alpha value is -1.95. The summed E-state index contributed by atoms with van der Waals surface area (Å²) in [6.07, 6.45) is 1.82. The van der Waals surface area contributed by atoms with Gasteiger partial charge < -0.3 is 5.32 Å². The largest absolute Gasteiger partial charge is 0.357 e. The minimum absolute atomic E-state index is 0.634. The van der Waals surface area contributed by atoms with Crippen molar-refractivity contribution in [2.75, 3.05) is 12.4 Å². The molecule has 3 aromatic heterocycles. The Morgan fingerprint density at radius 3 is 2.63 bits per heavy atom. The van der Waals surface area contributed by atoms with E-state index in [1.54, 1.807) is 11.3 Å². The number of anilines is 1. The average Bonchev–Trinajstić information content (AvgIpc) is 2.92. The van der Waals surface area contributed by atoms with Crippen LogP contribution in [0.3, 0.4) is 0 Å². The molecule has 0 saturated carbocycles. The van der Waals surface area contributed by atoms with Gasteiger partial charge in [0.15, 0.2) is 5.82 Å². The lowest BCUT2D eigenvalue weighted by molar-refractivity contribution is 0.955. The molecule has 3 rings (SSSR count). The van der Waals surface area contributed by atoms with Gasteiger partial charge in [-0.1, -0.05) is 0 Å². The van der Waals surface area contributed by atoms with Gasteiger partial charge in [-0.2, -0.15) is 4.98 Å². The molecule has 0 aromatic carbocycles. The van der Waals surface area contributed by atoms with Crippen LogP contribution in [-0.4, -0.2) is 26.6 Å². The van der Waals surface area contributed by atoms with E-state index in [0.29, 0.717) is 5.95 Å². The third-order valence-electron chi connectivity index (χ3n) is 3.20. The molecule has 6 heteroatoms. The minimum Gasteiger partial charge on any atom is -0.357 e. The molecule has 0 spiro atoms. The van der Waals surface area contributed by atoms with Crippen LogP contribution < -0.4 is 5.32 Å². The molecule has 0 unspecified atom stereocenters. The number of hydrogen-bond donors (Lipinski definition) is 1. The molecule has 98 valence electrons. The molecular weight excluding hydrogens is 258 g/mol. The molecule has 0 amide bonds. The number of hydrogen-bond acceptors (Lipinski definition) is 5. The third-order valence-corrected chi connectivity index (χ3v) is 4.14. The first-order valence-corrected chi connectivity index (χ1v) is 6.88. The van der Waals surface area contributed by atoms with Gasteiger partial charge in [0.05, 0.1) is 11.1 Å². The fraction of sp³-hybridized carbons (Fsp3) is 0.308. The van der Waals surface area contributed by atoms with Crippen LogP contribution in [0.15, 0.2) is 12.4 Å². The quantitative estimate of drug-likeness (QED) is 0.780. The highest BCUT2D eigenvalue weighted by molar-refractivity contribution is 7.18. The summed E-state index contributed by atoms with van der Waals surface area (Å²) in [5.74, 6) is 1.52. The Morgan fingerprint density at radius 2 is 2.00 bits per heavy atom. The molecule has 19 heavy (non-hydrogen) atoms. The molecule has 1 N–H and O–H groups in total. The molecule has 0 bridgehead atoms. The van der Waals surface area contributed by atoms with E-state index in [1.165, 1.54) is 4.88 Å². The highest BCUT2D eigenvalue weighted by Gasteiger charge is 2.14. The molecule has 0 atom stereocenters. The number of nitrogens with zero attached hydrogens (tertiary/aromatic N) is 4. The number of fused-ring (bicyclic) bond motifs is 1. The molecule has 0 saturated heterocycles. The Kier molecular flexibility index (Phi) is 2.74. The van der Waals surface area contributed by atoms with Crippen LogP contribution in [0.1, 0.15) is 16.3 Å². The highest BCUT2D eigenvalue weighted by Crippen LogP contribution is 2.29. The molecule has 5 nitrogen and oxygen atoms in total. The molecule has 3 heterocycles. The second-order valence-electron chi connectivity index (χ2n) is 4.48. The van der Waals surface area contributed by atoms with Crippen molar-refractivity contribution in [1.82, 2.24) is 19.5 Å². The number of rotatable bonds is 2. The van der Waals surface area contributed by atoms with Gasteiger partial charge in [0.2, 0.25) is 5.95 Å². The lowest BCUT2D eigenvalue weighted by Crippen LogP contribution is -2.04. The highest BCUT2D eigenvalue weighted by atomic mass is 32.1. The van der Waals surface area contributed by atoms with E-state index in [1.807, 2.05) is 24.9 Å². The summed E-state index contributed by atoms with van der Waals surface area (Å²) in [6, 6.07) is 2.13. The Bertz CT molecular complexity index is 756. The van der Waals surface area contributed by atoms with Crippen molar-refractivity contribution in [3.8, 4) is 5.82 Å². The zero-order valence-corrected chi connectivity index (χ0v) is 12.2. The van der Waals surface area contributed by atoms with Crippen LogP contribution in [0, 0.1) is 20.8 Å². The maximum absolute atomic E-state index is 4.58. The van der Waals surface area contributed by atoms with Gasteiger partial charge in [0.1, 0.15) is 11.2 Å². The van der Waals surface area contributed by atoms with Gasteiger partial charge in [-0.3, -0.25) is 4.57 Å². The summed E-state index contributed by atoms with van der Waals surface area (Å²) in [7, 11) is 1.83. The Labute approximate surface area is 115 Å². The first-order chi connectivity index (χ1) is 9.10. The molecule has 0 fully saturated rings. The minimum atomic E-state index is 0.634. The predicted molar refractivity (Wildman–Crippen MR) is 78.3 cm³/mol. The van der Waals surface area contributed by atoms with E-state index < -0.39 is 0 Å². The van der Waals surface area contributed by atoms with E-state index in [4.69, 9.17) is 0 Å². The molecule has 0 radical (unpaired) electrons. The fourth-order valence-electron chi connectivity index (χ4n) is 2.03. The second-order valence-corrected chi connectivity index (χ2v) is 5.72. The van der Waals surface area contributed by atoms with Gasteiger partial charge in [-0.05, 0) is 26.8 Å². The van der Waals surface area contributed by atoms with E-state index in [2.05, 4.69) is 40.2 Å². The summed E-state index contributed by atoms with van der Waals surface area (Å²) in [5, 5.41) is 4.09. The van der Waals surface area contributed by atoms with Crippen molar-refractivity contribution >= 4 is 27.5 Å². The molecule has 3 aromatic rings. The predicted octanol–water partition coefficient (Wildman–Crippen LogP) is 2.84. The fourth-order valence-corrected chi connectivity index (χ4v) is 2.91. The lowest BCUT2D eigenvalue weighted by Gasteiger charge is -2.08. The van der Waals surface area contributed by atoms with E-state index >= 15 is 0 Å². The maximum atomic E-state index is 4.58. The first kappa shape index (κ1) is 12.1. The van der Waals surface area contributed by atoms with Crippen molar-refractivity contribution < 1.29 is 0 Å². The second kappa shape index (κ2) is 4.31. The molecule has 0 aliphatic carbocycles. The summed E-state index contributed by atoms with van der Waals surface area (Å²) in [4.78, 5) is 15.7. The Balaban J connectivity index is 2.35. The van der Waals surface area contributed by atoms with Gasteiger partial charge in [-0.15, -0.1) is 11.3 Å². The molecule has 0 aliphatic rings. The van der Waals surface area contributed by atoms with Crippen LogP contribution in [-0.2, 0) is 0 Å². The van der Waals surface area contributed by atoms with Gasteiger partial charge in [0.25, 0.3) is 0 Å². The summed E-state index contributed by atoms with van der Waals surface area (Å²) < 4.78 is 2.02. The lowest BCUT2D eigenvalue weighted by atomic mass is 10.3. The normalized spacial score (nSPS) is 11.2. The van der Waals surface area contributed by atoms with Crippen LogP contribution in [0.5, 0.6) is 0 Å². The zero-order valence-electron chi connectivity index (χ0n) is 11.4. The van der Waals surface area contributed by atoms with Crippen molar-refractivity contribution in [2.24, 2.45) is 0 Å². The van der Waals surface area contributed by atoms with Gasteiger partial charge in [-0.25, -0.2) is 9.97 Å². The van der Waals surface area contributed by atoms with Crippen LogP contribution in [0.2, 0.25) is 0 Å². The van der Waals surface area contributed by atoms with Crippen LogP contribution in [0.25, 0.3) is 16.0 Å². The van der Waals surface area contributed by atoms with E-state index in [0.717, 1.165) is 27.4 Å². The number of thiophene rings is 1. The molecular formula is C13H15N5S. The Morgan fingerprint density at radius 1 is 1.21 bits per heavy atom. The summed E-state index contributed by atoms with van der Waals surface area (Å²) in [6.45, 7) is 6.14. The van der Waals surface area contributed by atoms with Crippen molar-refractivity contribution in [2.45, 2.75) is 20.8 Å². The zero-order chi connectivity index (χ0) is 13.6. The topological polar surface area (TPSA) is 55.6 Å². The van der Waals surface area contributed by atoms with Crippen LogP contribution in [0.4, 0.5) is 5.95 Å². The standard InChI is InChI=1S/C13H15N5S/c1-7-5-10-11(18-6-15-8(2)9(18)3)16-13(14-4)17-12(10)19-7/h5-6H,1-4H3,(H,14,16,17). The number of aromatic nitrogens is 4. The first-order valence-electron chi connectivity index (χ1n) is 6.07. The van der Waals surface area contributed by atoms with Crippen molar-refractivity contribution in [3.63, 3.8) is 0 Å². The SMILES string of the molecule is CNc1nc(-n2cnc(C)c2C)c2cc(C)sc2n1. The maximum Gasteiger partial charge on any atom is 0.225 e. The number of nitrogens with one attached hydrogen (secondary N) is 1. The van der Waals surface area contributed by atoms with Crippen LogP contribution >= 0.6 is 11.3 Å². The summed E-state index contributed by atoms with van der Waals surface area (Å²) >= 11 is 1.68. The van der Waals surface area contributed by atoms with Gasteiger partial charge >= 0.3 is 0 Å². The molecule has 0 aliphatic heterocycles. The summed E-state index contributed by atoms with van der Waals surface area (Å²) in [5.41, 5.74) is 2.12. The number of aryl methyl sites for hydroxylation is 2. The number of imidazole rings is 1. The third kappa shape index (κ3) is 1.88.